The number of carbonyl (C=O) groups is 2. The summed E-state index contributed by atoms with van der Waals surface area (Å²) in [4.78, 5) is 40.1. The van der Waals surface area contributed by atoms with Crippen LogP contribution in [0.2, 0.25) is 0 Å². The molecular weight excluding hydrogens is 418 g/mol. The Morgan fingerprint density at radius 3 is 2.44 bits per heavy atom. The summed E-state index contributed by atoms with van der Waals surface area (Å²) in [5, 5.41) is 16.0. The average Bonchev–Trinajstić information content (AvgIpc) is 2.56. The molecule has 0 atom stereocenters. The van der Waals surface area contributed by atoms with E-state index in [9.17, 15) is 19.7 Å². The van der Waals surface area contributed by atoms with E-state index < -0.39 is 4.92 Å². The number of halogens is 1. The number of rotatable bonds is 7. The van der Waals surface area contributed by atoms with E-state index in [1.54, 1.807) is 24.1 Å². The third-order valence-corrected chi connectivity index (χ3v) is 4.08. The molecule has 1 aromatic heterocycles. The Morgan fingerprint density at radius 1 is 1.19 bits per heavy atom. The predicted octanol–water partition coefficient (Wildman–Crippen LogP) is 2.57. The first-order chi connectivity index (χ1) is 12.7. The zero-order valence-electron chi connectivity index (χ0n) is 14.7. The van der Waals surface area contributed by atoms with Crippen LogP contribution in [-0.2, 0) is 9.59 Å². The molecule has 2 rings (SSSR count). The molecule has 0 spiro atoms. The number of nitro benzene ring substituents is 1. The molecule has 0 aliphatic rings. The number of hydrogen-bond acceptors (Lipinski definition) is 6. The van der Waals surface area contributed by atoms with Gasteiger partial charge in [0, 0.05) is 22.3 Å². The van der Waals surface area contributed by atoms with Crippen molar-refractivity contribution in [2.45, 2.75) is 6.92 Å². The summed E-state index contributed by atoms with van der Waals surface area (Å²) in [5.74, 6) is -0.193. The van der Waals surface area contributed by atoms with Crippen molar-refractivity contribution < 1.29 is 14.5 Å². The van der Waals surface area contributed by atoms with Gasteiger partial charge in [0.25, 0.3) is 5.69 Å². The lowest BCUT2D eigenvalue weighted by molar-refractivity contribution is -0.384. The fraction of sp³-hybridized carbons (Fsp3) is 0.235. The van der Waals surface area contributed by atoms with Crippen LogP contribution in [0.3, 0.4) is 0 Å². The fourth-order valence-electron chi connectivity index (χ4n) is 2.25. The predicted molar refractivity (Wildman–Crippen MR) is 105 cm³/mol. The highest BCUT2D eigenvalue weighted by Crippen LogP contribution is 2.27. The van der Waals surface area contributed by atoms with Gasteiger partial charge < -0.3 is 10.6 Å². The van der Waals surface area contributed by atoms with Crippen LogP contribution < -0.4 is 10.6 Å². The summed E-state index contributed by atoms with van der Waals surface area (Å²) in [6, 6.07) is 9.34. The molecule has 0 unspecified atom stereocenters. The second-order valence-corrected chi connectivity index (χ2v) is 6.71. The van der Waals surface area contributed by atoms with Gasteiger partial charge in [-0.1, -0.05) is 6.07 Å². The molecule has 2 N–H and O–H groups in total. The zero-order valence-corrected chi connectivity index (χ0v) is 16.3. The first kappa shape index (κ1) is 20.5. The van der Waals surface area contributed by atoms with Gasteiger partial charge in [-0.3, -0.25) is 24.6 Å². The molecule has 0 fully saturated rings. The maximum absolute atomic E-state index is 12.1. The van der Waals surface area contributed by atoms with E-state index in [1.807, 2.05) is 13.0 Å². The van der Waals surface area contributed by atoms with Crippen LogP contribution in [-0.4, -0.2) is 46.8 Å². The molecule has 0 aliphatic heterocycles. The molecule has 142 valence electrons. The highest BCUT2D eigenvalue weighted by Gasteiger charge is 2.14. The first-order valence-electron chi connectivity index (χ1n) is 7.90. The number of hydrogen-bond donors (Lipinski definition) is 2. The quantitative estimate of drug-likeness (QED) is 0.509. The molecule has 27 heavy (non-hydrogen) atoms. The minimum Gasteiger partial charge on any atom is -0.324 e. The number of nitrogens with one attached hydrogen (secondary N) is 2. The maximum atomic E-state index is 12.1. The topological polar surface area (TPSA) is 117 Å². The molecule has 1 heterocycles. The molecule has 0 bridgehead atoms. The summed E-state index contributed by atoms with van der Waals surface area (Å²) in [7, 11) is 1.63. The van der Waals surface area contributed by atoms with Crippen molar-refractivity contribution >= 4 is 44.9 Å². The lowest BCUT2D eigenvalue weighted by Gasteiger charge is -2.16. The van der Waals surface area contributed by atoms with Crippen LogP contribution in [0.4, 0.5) is 17.2 Å². The summed E-state index contributed by atoms with van der Waals surface area (Å²) >= 11 is 3.19. The number of anilines is 2. The summed E-state index contributed by atoms with van der Waals surface area (Å²) in [6.45, 7) is 1.80. The number of likely N-dealkylation sites (N-methyl/N-ethyl adjacent to an activating group) is 1. The molecule has 2 aromatic rings. The molecule has 0 aliphatic carbocycles. The van der Waals surface area contributed by atoms with Gasteiger partial charge in [0.15, 0.2) is 0 Å². The second kappa shape index (κ2) is 9.19. The highest BCUT2D eigenvalue weighted by molar-refractivity contribution is 9.10. The number of carbonyl (C=O) groups excluding carboxylic acids is 2. The van der Waals surface area contributed by atoms with Gasteiger partial charge >= 0.3 is 0 Å². The Morgan fingerprint density at radius 2 is 1.85 bits per heavy atom. The number of nitrogens with zero attached hydrogens (tertiary/aromatic N) is 3. The van der Waals surface area contributed by atoms with Crippen molar-refractivity contribution in [3.63, 3.8) is 0 Å². The van der Waals surface area contributed by atoms with E-state index >= 15 is 0 Å². The monoisotopic (exact) mass is 435 g/mol. The molecular formula is C17H18BrN5O4. The second-order valence-electron chi connectivity index (χ2n) is 5.85. The van der Waals surface area contributed by atoms with Crippen LogP contribution >= 0.6 is 15.9 Å². The molecule has 0 radical (unpaired) electrons. The van der Waals surface area contributed by atoms with Crippen LogP contribution in [0.1, 0.15) is 5.69 Å². The molecule has 10 heteroatoms. The number of pyridine rings is 1. The lowest BCUT2D eigenvalue weighted by Crippen LogP contribution is -2.36. The number of aromatic nitrogens is 1. The lowest BCUT2D eigenvalue weighted by atomic mass is 10.3. The Labute approximate surface area is 164 Å². The number of amides is 2. The Hall–Kier alpha value is -2.85. The van der Waals surface area contributed by atoms with E-state index in [0.717, 1.165) is 5.69 Å². The van der Waals surface area contributed by atoms with Gasteiger partial charge in [-0.25, -0.2) is 4.98 Å². The number of nitro groups is 1. The van der Waals surface area contributed by atoms with Crippen LogP contribution in [0.5, 0.6) is 0 Å². The van der Waals surface area contributed by atoms with Crippen LogP contribution in [0.15, 0.2) is 40.9 Å². The number of aryl methyl sites for hydroxylation is 1. The van der Waals surface area contributed by atoms with Crippen LogP contribution in [0, 0.1) is 17.0 Å². The fourth-order valence-corrected chi connectivity index (χ4v) is 2.72. The summed E-state index contributed by atoms with van der Waals surface area (Å²) in [5.41, 5.74) is 1.11. The maximum Gasteiger partial charge on any atom is 0.270 e. The van der Waals surface area contributed by atoms with Gasteiger partial charge in [-0.2, -0.15) is 0 Å². The van der Waals surface area contributed by atoms with Crippen molar-refractivity contribution in [1.82, 2.24) is 9.88 Å². The molecule has 9 nitrogen and oxygen atoms in total. The van der Waals surface area contributed by atoms with E-state index in [1.165, 1.54) is 18.2 Å². The van der Waals surface area contributed by atoms with Gasteiger partial charge in [0.05, 0.1) is 23.7 Å². The normalized spacial score (nSPS) is 10.5. The minimum absolute atomic E-state index is 0.00444. The van der Waals surface area contributed by atoms with Gasteiger partial charge in [0.1, 0.15) is 5.82 Å². The molecule has 0 saturated heterocycles. The SMILES string of the molecule is Cc1cccc(NC(=O)CN(C)CC(=O)Nc2ccc([N+](=O)[O-])cc2Br)n1. The highest BCUT2D eigenvalue weighted by atomic mass is 79.9. The van der Waals surface area contributed by atoms with Crippen molar-refractivity contribution in [2.75, 3.05) is 30.8 Å². The number of benzene rings is 1. The Bertz CT molecular complexity index is 874. The summed E-state index contributed by atoms with van der Waals surface area (Å²) < 4.78 is 0.399. The van der Waals surface area contributed by atoms with Gasteiger partial charge in [0.2, 0.25) is 11.8 Å². The largest absolute Gasteiger partial charge is 0.324 e. The Balaban J connectivity index is 1.86. The molecule has 0 saturated carbocycles. The first-order valence-corrected chi connectivity index (χ1v) is 8.70. The van der Waals surface area contributed by atoms with Crippen LogP contribution in [0.25, 0.3) is 0 Å². The molecule has 2 amide bonds. The third kappa shape index (κ3) is 6.42. The van der Waals surface area contributed by atoms with Crippen molar-refractivity contribution in [1.29, 1.82) is 0 Å². The smallest absolute Gasteiger partial charge is 0.270 e. The Kier molecular flexibility index (Phi) is 6.97. The van der Waals surface area contributed by atoms with E-state index in [0.29, 0.717) is 16.0 Å². The van der Waals surface area contributed by atoms with E-state index in [4.69, 9.17) is 0 Å². The van der Waals surface area contributed by atoms with Crippen molar-refractivity contribution in [2.24, 2.45) is 0 Å². The average molecular weight is 436 g/mol. The summed E-state index contributed by atoms with van der Waals surface area (Å²) in [6.07, 6.45) is 0. The van der Waals surface area contributed by atoms with Crippen molar-refractivity contribution in [3.8, 4) is 0 Å². The van der Waals surface area contributed by atoms with Crippen molar-refractivity contribution in [3.05, 3.63) is 56.7 Å². The standard InChI is InChI=1S/C17H18BrN5O4/c1-11-4-3-5-15(19-11)21-17(25)10-22(2)9-16(24)20-14-7-6-12(23(26)27)8-13(14)18/h3-8H,9-10H2,1-2H3,(H,20,24)(H,19,21,25). The third-order valence-electron chi connectivity index (χ3n) is 3.42. The van der Waals surface area contributed by atoms with E-state index in [-0.39, 0.29) is 30.6 Å². The van der Waals surface area contributed by atoms with Gasteiger partial charge in [-0.15, -0.1) is 0 Å². The minimum atomic E-state index is -0.522. The number of non-ortho nitro benzene ring substituents is 1. The van der Waals surface area contributed by atoms with E-state index in [2.05, 4.69) is 31.5 Å². The zero-order chi connectivity index (χ0) is 20.0. The molecule has 1 aromatic carbocycles. The van der Waals surface area contributed by atoms with Gasteiger partial charge in [-0.05, 0) is 48.1 Å².